The van der Waals surface area contributed by atoms with Gasteiger partial charge >= 0.3 is 0 Å². The molecule has 3 rings (SSSR count). The molecule has 0 aromatic heterocycles. The molecule has 1 aliphatic rings. The molecule has 0 bridgehead atoms. The summed E-state index contributed by atoms with van der Waals surface area (Å²) in [5, 5.41) is 13.0. The van der Waals surface area contributed by atoms with Crippen LogP contribution in [0.3, 0.4) is 0 Å². The second-order valence-corrected chi connectivity index (χ2v) is 5.51. The van der Waals surface area contributed by atoms with Gasteiger partial charge in [-0.3, -0.25) is 0 Å². The number of nitriles is 1. The number of ether oxygens (including phenoxy) is 1. The van der Waals surface area contributed by atoms with E-state index >= 15 is 0 Å². The highest BCUT2D eigenvalue weighted by molar-refractivity contribution is 6.31. The highest BCUT2D eigenvalue weighted by Gasteiger charge is 2.23. The van der Waals surface area contributed by atoms with E-state index < -0.39 is 0 Å². The molecule has 1 N–H and O–H groups in total. The van der Waals surface area contributed by atoms with Crippen molar-refractivity contribution in [1.29, 1.82) is 5.26 Å². The van der Waals surface area contributed by atoms with Gasteiger partial charge in [0.25, 0.3) is 0 Å². The molecule has 0 spiro atoms. The van der Waals surface area contributed by atoms with Crippen molar-refractivity contribution in [3.8, 4) is 11.8 Å². The summed E-state index contributed by atoms with van der Waals surface area (Å²) in [6, 6.07) is 14.0. The van der Waals surface area contributed by atoms with Crippen LogP contribution in [0.2, 0.25) is 5.02 Å². The van der Waals surface area contributed by atoms with Crippen molar-refractivity contribution in [2.45, 2.75) is 18.9 Å². The molecule has 3 nitrogen and oxygen atoms in total. The van der Waals surface area contributed by atoms with Gasteiger partial charge in [-0.25, -0.2) is 0 Å². The van der Waals surface area contributed by atoms with E-state index in [9.17, 15) is 0 Å². The zero-order chi connectivity index (χ0) is 14.8. The third-order valence-corrected chi connectivity index (χ3v) is 4.19. The predicted octanol–water partition coefficient (Wildman–Crippen LogP) is 4.32. The number of anilines is 1. The van der Waals surface area contributed by atoms with Gasteiger partial charge < -0.3 is 10.1 Å². The van der Waals surface area contributed by atoms with Crippen molar-refractivity contribution in [3.05, 3.63) is 58.1 Å². The highest BCUT2D eigenvalue weighted by atomic mass is 35.5. The summed E-state index contributed by atoms with van der Waals surface area (Å²) in [5.74, 6) is 0.872. The summed E-state index contributed by atoms with van der Waals surface area (Å²) in [7, 11) is 1.68. The van der Waals surface area contributed by atoms with Crippen LogP contribution in [0.25, 0.3) is 0 Å². The summed E-state index contributed by atoms with van der Waals surface area (Å²) in [4.78, 5) is 0. The number of hydrogen-bond acceptors (Lipinski definition) is 3. The van der Waals surface area contributed by atoms with Crippen LogP contribution in [0.5, 0.6) is 5.75 Å². The van der Waals surface area contributed by atoms with E-state index in [1.807, 2.05) is 12.1 Å². The van der Waals surface area contributed by atoms with Gasteiger partial charge in [-0.05, 0) is 54.3 Å². The Labute approximate surface area is 129 Å². The van der Waals surface area contributed by atoms with E-state index in [4.69, 9.17) is 21.6 Å². The second-order valence-electron chi connectivity index (χ2n) is 5.11. The van der Waals surface area contributed by atoms with E-state index in [0.29, 0.717) is 10.6 Å². The minimum absolute atomic E-state index is 0.239. The maximum absolute atomic E-state index is 9.05. The molecule has 0 aliphatic heterocycles. The van der Waals surface area contributed by atoms with Crippen LogP contribution < -0.4 is 10.1 Å². The van der Waals surface area contributed by atoms with Gasteiger partial charge in [-0.15, -0.1) is 0 Å². The zero-order valence-electron chi connectivity index (χ0n) is 11.7. The Morgan fingerprint density at radius 3 is 2.90 bits per heavy atom. The number of halogens is 1. The normalized spacial score (nSPS) is 16.1. The van der Waals surface area contributed by atoms with Gasteiger partial charge in [0.05, 0.1) is 23.7 Å². The molecule has 4 heteroatoms. The van der Waals surface area contributed by atoms with Gasteiger partial charge in [-0.1, -0.05) is 17.7 Å². The Morgan fingerprint density at radius 2 is 2.14 bits per heavy atom. The lowest BCUT2D eigenvalue weighted by Gasteiger charge is -2.16. The summed E-state index contributed by atoms with van der Waals surface area (Å²) in [6.07, 6.45) is 2.09. The first-order chi connectivity index (χ1) is 10.2. The van der Waals surface area contributed by atoms with Gasteiger partial charge in [0.2, 0.25) is 0 Å². The van der Waals surface area contributed by atoms with Crippen LogP contribution >= 0.6 is 11.6 Å². The fourth-order valence-electron chi connectivity index (χ4n) is 2.76. The second kappa shape index (κ2) is 5.67. The van der Waals surface area contributed by atoms with Crippen molar-refractivity contribution in [2.75, 3.05) is 12.4 Å². The number of methoxy groups -OCH3 is 1. The van der Waals surface area contributed by atoms with Crippen molar-refractivity contribution in [3.63, 3.8) is 0 Å². The first kappa shape index (κ1) is 13.8. The number of nitrogens with one attached hydrogen (secondary N) is 1. The standard InChI is InChI=1S/C17H15ClN2O/c1-21-14-5-2-11-3-7-17(15(11)9-14)20-13-4-6-16(18)12(8-13)10-19/h2,4-6,8-9,17,20H,3,7H2,1H3. The fraction of sp³-hybridized carbons (Fsp3) is 0.235. The van der Waals surface area contributed by atoms with E-state index in [0.717, 1.165) is 24.3 Å². The van der Waals surface area contributed by atoms with Crippen LogP contribution in [0.4, 0.5) is 5.69 Å². The maximum Gasteiger partial charge on any atom is 0.119 e. The van der Waals surface area contributed by atoms with E-state index in [1.165, 1.54) is 11.1 Å². The molecule has 0 fully saturated rings. The third-order valence-electron chi connectivity index (χ3n) is 3.86. The third kappa shape index (κ3) is 2.68. The molecule has 1 unspecified atom stereocenters. The molecule has 0 radical (unpaired) electrons. The topological polar surface area (TPSA) is 45.0 Å². The summed E-state index contributed by atoms with van der Waals surface area (Å²) >= 11 is 5.97. The van der Waals surface area contributed by atoms with Crippen molar-refractivity contribution >= 4 is 17.3 Å². The van der Waals surface area contributed by atoms with E-state index in [-0.39, 0.29) is 6.04 Å². The Balaban J connectivity index is 1.87. The fourth-order valence-corrected chi connectivity index (χ4v) is 2.92. The van der Waals surface area contributed by atoms with E-state index in [2.05, 4.69) is 23.5 Å². The Kier molecular flexibility index (Phi) is 3.72. The minimum Gasteiger partial charge on any atom is -0.497 e. The predicted molar refractivity (Wildman–Crippen MR) is 83.8 cm³/mol. The molecule has 0 heterocycles. The Morgan fingerprint density at radius 1 is 1.29 bits per heavy atom. The summed E-state index contributed by atoms with van der Waals surface area (Å²) < 4.78 is 5.30. The highest BCUT2D eigenvalue weighted by Crippen LogP contribution is 2.36. The smallest absolute Gasteiger partial charge is 0.119 e. The summed E-state index contributed by atoms with van der Waals surface area (Å²) in [6.45, 7) is 0. The first-order valence-electron chi connectivity index (χ1n) is 6.84. The van der Waals surface area contributed by atoms with Crippen LogP contribution in [0.15, 0.2) is 36.4 Å². The van der Waals surface area contributed by atoms with Gasteiger partial charge in [0, 0.05) is 5.69 Å². The molecule has 0 amide bonds. The van der Waals surface area contributed by atoms with Gasteiger partial charge in [0.15, 0.2) is 0 Å². The van der Waals surface area contributed by atoms with Crippen LogP contribution in [0, 0.1) is 11.3 Å². The Hall–Kier alpha value is -2.18. The lowest BCUT2D eigenvalue weighted by molar-refractivity contribution is 0.414. The van der Waals surface area contributed by atoms with Crippen molar-refractivity contribution in [2.24, 2.45) is 0 Å². The molecule has 1 atom stereocenters. The molecule has 0 saturated heterocycles. The van der Waals surface area contributed by atoms with Crippen molar-refractivity contribution in [1.82, 2.24) is 0 Å². The number of aryl methyl sites for hydroxylation is 1. The van der Waals surface area contributed by atoms with Crippen LogP contribution in [-0.2, 0) is 6.42 Å². The molecular weight excluding hydrogens is 284 g/mol. The average Bonchev–Trinajstić information content (AvgIpc) is 2.91. The first-order valence-corrected chi connectivity index (χ1v) is 7.22. The number of rotatable bonds is 3. The summed E-state index contributed by atoms with van der Waals surface area (Å²) in [5.41, 5.74) is 4.02. The van der Waals surface area contributed by atoms with Crippen LogP contribution in [-0.4, -0.2) is 7.11 Å². The molecule has 2 aromatic rings. The van der Waals surface area contributed by atoms with Crippen molar-refractivity contribution < 1.29 is 4.74 Å². The van der Waals surface area contributed by atoms with E-state index in [1.54, 1.807) is 19.2 Å². The number of nitrogens with zero attached hydrogens (tertiary/aromatic N) is 1. The van der Waals surface area contributed by atoms with Gasteiger partial charge in [0.1, 0.15) is 11.8 Å². The number of fused-ring (bicyclic) bond motifs is 1. The molecule has 0 saturated carbocycles. The monoisotopic (exact) mass is 298 g/mol. The lowest BCUT2D eigenvalue weighted by Crippen LogP contribution is -2.07. The molecule has 21 heavy (non-hydrogen) atoms. The zero-order valence-corrected chi connectivity index (χ0v) is 12.4. The minimum atomic E-state index is 0.239. The molecule has 106 valence electrons. The maximum atomic E-state index is 9.05. The molecule has 1 aliphatic carbocycles. The Bertz CT molecular complexity index is 721. The van der Waals surface area contributed by atoms with Crippen LogP contribution in [0.1, 0.15) is 29.2 Å². The molecular formula is C17H15ClN2O. The van der Waals surface area contributed by atoms with Gasteiger partial charge in [-0.2, -0.15) is 5.26 Å². The number of hydrogen-bond donors (Lipinski definition) is 1. The lowest BCUT2D eigenvalue weighted by atomic mass is 10.1. The largest absolute Gasteiger partial charge is 0.497 e. The average molecular weight is 299 g/mol. The SMILES string of the molecule is COc1ccc2c(c1)C(Nc1ccc(Cl)c(C#N)c1)CC2. The number of benzene rings is 2. The quantitative estimate of drug-likeness (QED) is 0.918. The molecule has 2 aromatic carbocycles.